The van der Waals surface area contributed by atoms with E-state index in [0.717, 1.165) is 36.0 Å². The van der Waals surface area contributed by atoms with Crippen LogP contribution in [0.3, 0.4) is 0 Å². The van der Waals surface area contributed by atoms with Gasteiger partial charge in [-0.1, -0.05) is 24.3 Å². The molecule has 3 aliphatic rings. The zero-order valence-electron chi connectivity index (χ0n) is 14.6. The number of esters is 1. The van der Waals surface area contributed by atoms with Crippen LogP contribution >= 0.6 is 0 Å². The van der Waals surface area contributed by atoms with Crippen LogP contribution in [0.15, 0.2) is 49.2 Å². The highest BCUT2D eigenvalue weighted by Crippen LogP contribution is 2.43. The molecule has 25 heavy (non-hydrogen) atoms. The molecule has 0 amide bonds. The molecule has 4 heteroatoms. The summed E-state index contributed by atoms with van der Waals surface area (Å²) in [5.41, 5.74) is 2.01. The van der Waals surface area contributed by atoms with Crippen LogP contribution in [0.25, 0.3) is 10.9 Å². The first kappa shape index (κ1) is 16.3. The molecule has 130 valence electrons. The van der Waals surface area contributed by atoms with Gasteiger partial charge < -0.3 is 4.74 Å². The van der Waals surface area contributed by atoms with Gasteiger partial charge in [-0.25, -0.2) is 0 Å². The molecule has 1 aromatic carbocycles. The first-order valence-corrected chi connectivity index (χ1v) is 9.05. The number of piperidine rings is 3. The number of fused-ring (bicyclic) bond motifs is 4. The molecular formula is C21H24N2O2. The maximum Gasteiger partial charge on any atom is 0.303 e. The van der Waals surface area contributed by atoms with Crippen molar-refractivity contribution >= 4 is 16.9 Å². The minimum atomic E-state index is -0.251. The van der Waals surface area contributed by atoms with Gasteiger partial charge >= 0.3 is 5.97 Å². The number of rotatable bonds is 4. The van der Waals surface area contributed by atoms with E-state index in [1.165, 1.54) is 13.3 Å². The fourth-order valence-electron chi connectivity index (χ4n) is 4.59. The molecule has 0 saturated carbocycles. The SMILES string of the molecule is C=CC1CN2CCC1CC2[C@H](OC(C)=O)c1ccnc2ccccc12. The molecule has 4 nitrogen and oxygen atoms in total. The topological polar surface area (TPSA) is 42.4 Å². The Balaban J connectivity index is 1.74. The molecule has 3 saturated heterocycles. The summed E-state index contributed by atoms with van der Waals surface area (Å²) >= 11 is 0. The second kappa shape index (κ2) is 6.60. The molecule has 0 spiro atoms. The van der Waals surface area contributed by atoms with E-state index < -0.39 is 0 Å². The standard InChI is InChI=1S/C21H24N2O2/c1-3-15-13-23-11-9-16(15)12-20(23)21(25-14(2)24)18-8-10-22-19-7-5-4-6-17(18)19/h3-8,10,15-16,20-21H,1,9,11-13H2,2H3/t15?,16?,20?,21-/m1/s1. The van der Waals surface area contributed by atoms with Gasteiger partial charge in [0.1, 0.15) is 6.10 Å². The minimum Gasteiger partial charge on any atom is -0.456 e. The van der Waals surface area contributed by atoms with E-state index in [1.54, 1.807) is 0 Å². The number of hydrogen-bond donors (Lipinski definition) is 0. The highest BCUT2D eigenvalue weighted by atomic mass is 16.5. The summed E-state index contributed by atoms with van der Waals surface area (Å²) < 4.78 is 5.87. The second-order valence-corrected chi connectivity index (χ2v) is 7.19. The van der Waals surface area contributed by atoms with Crippen LogP contribution in [0, 0.1) is 11.8 Å². The zero-order chi connectivity index (χ0) is 17.4. The maximum atomic E-state index is 11.9. The van der Waals surface area contributed by atoms with Gasteiger partial charge in [0.15, 0.2) is 0 Å². The summed E-state index contributed by atoms with van der Waals surface area (Å²) in [5, 5.41) is 1.07. The Kier molecular flexibility index (Phi) is 4.30. The Morgan fingerprint density at radius 2 is 2.24 bits per heavy atom. The lowest BCUT2D eigenvalue weighted by atomic mass is 9.73. The predicted molar refractivity (Wildman–Crippen MR) is 98.0 cm³/mol. The van der Waals surface area contributed by atoms with Gasteiger partial charge in [0.25, 0.3) is 0 Å². The lowest BCUT2D eigenvalue weighted by molar-refractivity contribution is -0.154. The van der Waals surface area contributed by atoms with Crippen molar-refractivity contribution in [3.05, 3.63) is 54.7 Å². The number of carbonyl (C=O) groups is 1. The molecule has 4 unspecified atom stereocenters. The van der Waals surface area contributed by atoms with E-state index in [2.05, 4.69) is 28.6 Å². The summed E-state index contributed by atoms with van der Waals surface area (Å²) in [5.74, 6) is 0.963. The Labute approximate surface area is 148 Å². The van der Waals surface area contributed by atoms with Crippen molar-refractivity contribution < 1.29 is 9.53 Å². The number of carbonyl (C=O) groups excluding carboxylic acids is 1. The molecule has 2 bridgehead atoms. The minimum absolute atomic E-state index is 0.227. The number of ether oxygens (including phenoxy) is 1. The summed E-state index contributed by atoms with van der Waals surface area (Å²) in [7, 11) is 0. The smallest absolute Gasteiger partial charge is 0.303 e. The average molecular weight is 336 g/mol. The first-order chi connectivity index (χ1) is 12.2. The normalized spacial score (nSPS) is 29.3. The Bertz CT molecular complexity index is 798. The summed E-state index contributed by atoms with van der Waals surface area (Å²) in [6.45, 7) is 7.58. The maximum absolute atomic E-state index is 11.9. The van der Waals surface area contributed by atoms with Crippen molar-refractivity contribution in [2.45, 2.75) is 31.9 Å². The molecule has 3 aliphatic heterocycles. The van der Waals surface area contributed by atoms with Gasteiger partial charge in [0.2, 0.25) is 0 Å². The van der Waals surface area contributed by atoms with Crippen molar-refractivity contribution in [1.82, 2.24) is 9.88 Å². The van der Waals surface area contributed by atoms with Crippen molar-refractivity contribution in [3.63, 3.8) is 0 Å². The summed E-state index contributed by atoms with van der Waals surface area (Å²) in [6.07, 6.45) is 5.91. The predicted octanol–water partition coefficient (Wildman–Crippen LogP) is 3.74. The third-order valence-electron chi connectivity index (χ3n) is 5.79. The van der Waals surface area contributed by atoms with Crippen LogP contribution in [0.4, 0.5) is 0 Å². The van der Waals surface area contributed by atoms with Gasteiger partial charge in [0.05, 0.1) is 11.6 Å². The van der Waals surface area contributed by atoms with Crippen LogP contribution < -0.4 is 0 Å². The summed E-state index contributed by atoms with van der Waals surface area (Å²) in [6, 6.07) is 10.3. The number of para-hydroxylation sites is 1. The molecule has 0 radical (unpaired) electrons. The van der Waals surface area contributed by atoms with Gasteiger partial charge in [-0.05, 0) is 43.4 Å². The molecule has 5 rings (SSSR count). The lowest BCUT2D eigenvalue weighted by Crippen LogP contribution is -2.55. The molecule has 4 heterocycles. The van der Waals surface area contributed by atoms with Gasteiger partial charge in [-0.2, -0.15) is 0 Å². The first-order valence-electron chi connectivity index (χ1n) is 9.05. The van der Waals surface area contributed by atoms with E-state index in [1.807, 2.05) is 30.5 Å². The third kappa shape index (κ3) is 2.95. The van der Waals surface area contributed by atoms with E-state index in [0.29, 0.717) is 11.8 Å². The van der Waals surface area contributed by atoms with Crippen molar-refractivity contribution in [1.29, 1.82) is 0 Å². The summed E-state index contributed by atoms with van der Waals surface area (Å²) in [4.78, 5) is 18.8. The Morgan fingerprint density at radius 3 is 2.96 bits per heavy atom. The zero-order valence-corrected chi connectivity index (χ0v) is 14.6. The number of benzene rings is 1. The molecule has 2 aromatic rings. The largest absolute Gasteiger partial charge is 0.456 e. The van der Waals surface area contributed by atoms with Crippen molar-refractivity contribution in [2.75, 3.05) is 13.1 Å². The van der Waals surface area contributed by atoms with Crippen LogP contribution in [-0.2, 0) is 9.53 Å². The van der Waals surface area contributed by atoms with Crippen molar-refractivity contribution in [2.24, 2.45) is 11.8 Å². The Morgan fingerprint density at radius 1 is 1.40 bits per heavy atom. The fourth-order valence-corrected chi connectivity index (χ4v) is 4.59. The van der Waals surface area contributed by atoms with Crippen LogP contribution in [0.5, 0.6) is 0 Å². The highest BCUT2D eigenvalue weighted by molar-refractivity contribution is 5.82. The lowest BCUT2D eigenvalue weighted by Gasteiger charge is -2.51. The number of nitrogens with zero attached hydrogens (tertiary/aromatic N) is 2. The van der Waals surface area contributed by atoms with Gasteiger partial charge in [-0.3, -0.25) is 14.7 Å². The van der Waals surface area contributed by atoms with E-state index >= 15 is 0 Å². The molecule has 0 aliphatic carbocycles. The van der Waals surface area contributed by atoms with Gasteiger partial charge in [-0.15, -0.1) is 6.58 Å². The van der Waals surface area contributed by atoms with E-state index in [4.69, 9.17) is 4.74 Å². The monoisotopic (exact) mass is 336 g/mol. The highest BCUT2D eigenvalue weighted by Gasteiger charge is 2.44. The second-order valence-electron chi connectivity index (χ2n) is 7.19. The van der Waals surface area contributed by atoms with E-state index in [9.17, 15) is 4.79 Å². The number of pyridine rings is 1. The quantitative estimate of drug-likeness (QED) is 0.630. The number of hydrogen-bond acceptors (Lipinski definition) is 4. The number of aromatic nitrogens is 1. The Hall–Kier alpha value is -2.20. The van der Waals surface area contributed by atoms with Gasteiger partial charge in [0, 0.05) is 30.6 Å². The molecular weight excluding hydrogens is 312 g/mol. The molecule has 5 atom stereocenters. The molecule has 0 N–H and O–H groups in total. The van der Waals surface area contributed by atoms with Crippen LogP contribution in [-0.4, -0.2) is 35.0 Å². The van der Waals surface area contributed by atoms with Crippen molar-refractivity contribution in [3.8, 4) is 0 Å². The average Bonchev–Trinajstić information content (AvgIpc) is 2.66. The van der Waals surface area contributed by atoms with Crippen LogP contribution in [0.1, 0.15) is 31.4 Å². The molecule has 3 fully saturated rings. The molecule has 1 aromatic heterocycles. The third-order valence-corrected chi connectivity index (χ3v) is 5.79. The van der Waals surface area contributed by atoms with Crippen LogP contribution in [0.2, 0.25) is 0 Å². The van der Waals surface area contributed by atoms with E-state index in [-0.39, 0.29) is 18.1 Å². The fraction of sp³-hybridized carbons (Fsp3) is 0.429.